The highest BCUT2D eigenvalue weighted by Crippen LogP contribution is 2.30. The Kier molecular flexibility index (Phi) is 1.64. The molecule has 0 aliphatic carbocycles. The summed E-state index contributed by atoms with van der Waals surface area (Å²) < 4.78 is 0. The molecule has 78 valence electrons. The third-order valence-corrected chi connectivity index (χ3v) is 2.46. The molecular weight excluding hydrogens is 208 g/mol. The Morgan fingerprint density at radius 3 is 3.00 bits per heavy atom. The molecule has 0 saturated carbocycles. The summed E-state index contributed by atoms with van der Waals surface area (Å²) in [5.74, 6) is 0. The minimum atomic E-state index is -0.405. The summed E-state index contributed by atoms with van der Waals surface area (Å²) in [6.07, 6.45) is 2.98. The van der Waals surface area contributed by atoms with Gasteiger partial charge in [0.15, 0.2) is 0 Å². The molecule has 2 aromatic heterocycles. The van der Waals surface area contributed by atoms with E-state index in [0.29, 0.717) is 21.9 Å². The average Bonchev–Trinajstić information content (AvgIpc) is 2.66. The van der Waals surface area contributed by atoms with Crippen LogP contribution in [-0.4, -0.2) is 19.9 Å². The first-order chi connectivity index (χ1) is 7.77. The van der Waals surface area contributed by atoms with Crippen LogP contribution in [0.5, 0.6) is 0 Å². The van der Waals surface area contributed by atoms with Crippen molar-refractivity contribution in [3.8, 4) is 0 Å². The summed E-state index contributed by atoms with van der Waals surface area (Å²) in [6, 6.07) is 4.89. The van der Waals surface area contributed by atoms with Crippen molar-refractivity contribution in [2.75, 3.05) is 0 Å². The summed E-state index contributed by atoms with van der Waals surface area (Å²) in [4.78, 5) is 21.5. The lowest BCUT2D eigenvalue weighted by Gasteiger charge is -1.93. The van der Waals surface area contributed by atoms with Gasteiger partial charge in [-0.1, -0.05) is 6.07 Å². The second-order valence-electron chi connectivity index (χ2n) is 3.37. The fourth-order valence-corrected chi connectivity index (χ4v) is 1.81. The number of hydrogen-bond acceptors (Lipinski definition) is 4. The van der Waals surface area contributed by atoms with Crippen molar-refractivity contribution < 1.29 is 4.92 Å². The lowest BCUT2D eigenvalue weighted by Crippen LogP contribution is -1.88. The van der Waals surface area contributed by atoms with E-state index in [9.17, 15) is 10.1 Å². The van der Waals surface area contributed by atoms with Gasteiger partial charge in [-0.05, 0) is 6.07 Å². The van der Waals surface area contributed by atoms with Crippen molar-refractivity contribution >= 4 is 27.6 Å². The van der Waals surface area contributed by atoms with E-state index in [-0.39, 0.29) is 5.69 Å². The van der Waals surface area contributed by atoms with Gasteiger partial charge in [0.1, 0.15) is 17.2 Å². The SMILES string of the molecule is O=[N+]([O-])c1cccc2[nH]c3cncnc3c12. The second kappa shape index (κ2) is 2.99. The first kappa shape index (κ1) is 8.78. The molecule has 0 radical (unpaired) electrons. The second-order valence-corrected chi connectivity index (χ2v) is 3.37. The first-order valence-corrected chi connectivity index (χ1v) is 4.62. The van der Waals surface area contributed by atoms with Crippen molar-refractivity contribution in [2.24, 2.45) is 0 Å². The molecule has 1 N–H and O–H groups in total. The van der Waals surface area contributed by atoms with Crippen LogP contribution >= 0.6 is 0 Å². The van der Waals surface area contributed by atoms with Crippen LogP contribution in [0, 0.1) is 10.1 Å². The average molecular weight is 214 g/mol. The van der Waals surface area contributed by atoms with Crippen LogP contribution in [0.2, 0.25) is 0 Å². The first-order valence-electron chi connectivity index (χ1n) is 4.62. The molecule has 0 spiro atoms. The van der Waals surface area contributed by atoms with Gasteiger partial charge < -0.3 is 4.98 Å². The molecule has 1 aromatic carbocycles. The molecule has 0 aliphatic heterocycles. The molecule has 0 unspecified atom stereocenters. The quantitative estimate of drug-likeness (QED) is 0.496. The number of nitro benzene ring substituents is 1. The Labute approximate surface area is 89.1 Å². The molecule has 0 fully saturated rings. The fourth-order valence-electron chi connectivity index (χ4n) is 1.81. The maximum Gasteiger partial charge on any atom is 0.280 e. The Balaban J connectivity index is 2.57. The highest BCUT2D eigenvalue weighted by atomic mass is 16.6. The minimum absolute atomic E-state index is 0.0578. The van der Waals surface area contributed by atoms with E-state index in [1.807, 2.05) is 0 Å². The van der Waals surface area contributed by atoms with Gasteiger partial charge in [-0.3, -0.25) is 10.1 Å². The third kappa shape index (κ3) is 1.07. The van der Waals surface area contributed by atoms with Crippen molar-refractivity contribution in [1.82, 2.24) is 15.0 Å². The van der Waals surface area contributed by atoms with Crippen LogP contribution in [-0.2, 0) is 0 Å². The molecule has 0 atom stereocenters. The number of H-pyrrole nitrogens is 1. The minimum Gasteiger partial charge on any atom is -0.352 e. The van der Waals surface area contributed by atoms with Gasteiger partial charge in [-0.15, -0.1) is 0 Å². The molecule has 2 heterocycles. The maximum absolute atomic E-state index is 10.9. The zero-order valence-electron chi connectivity index (χ0n) is 8.04. The number of nitro groups is 1. The zero-order chi connectivity index (χ0) is 11.1. The van der Waals surface area contributed by atoms with Crippen molar-refractivity contribution in [2.45, 2.75) is 0 Å². The van der Waals surface area contributed by atoms with E-state index in [1.165, 1.54) is 12.4 Å². The number of aromatic nitrogens is 3. The van der Waals surface area contributed by atoms with Gasteiger partial charge in [0.25, 0.3) is 5.69 Å². The van der Waals surface area contributed by atoms with Crippen molar-refractivity contribution in [3.05, 3.63) is 40.8 Å². The molecule has 0 amide bonds. The Morgan fingerprint density at radius 2 is 2.19 bits per heavy atom. The molecule has 16 heavy (non-hydrogen) atoms. The summed E-state index contributed by atoms with van der Waals surface area (Å²) in [5.41, 5.74) is 2.04. The van der Waals surface area contributed by atoms with E-state index < -0.39 is 4.92 Å². The molecule has 3 aromatic rings. The summed E-state index contributed by atoms with van der Waals surface area (Å²) in [5, 5.41) is 11.4. The van der Waals surface area contributed by atoms with Crippen molar-refractivity contribution in [3.63, 3.8) is 0 Å². The van der Waals surface area contributed by atoms with Gasteiger partial charge in [-0.2, -0.15) is 0 Å². The number of rotatable bonds is 1. The molecule has 0 saturated heterocycles. The number of hydrogen-bond donors (Lipinski definition) is 1. The van der Waals surface area contributed by atoms with Crippen LogP contribution in [0.15, 0.2) is 30.7 Å². The van der Waals surface area contributed by atoms with E-state index in [2.05, 4.69) is 15.0 Å². The highest BCUT2D eigenvalue weighted by molar-refractivity contribution is 6.09. The van der Waals surface area contributed by atoms with Gasteiger partial charge in [-0.25, -0.2) is 9.97 Å². The smallest absolute Gasteiger partial charge is 0.280 e. The zero-order valence-corrected chi connectivity index (χ0v) is 8.04. The molecule has 3 rings (SSSR count). The third-order valence-electron chi connectivity index (χ3n) is 2.46. The number of non-ortho nitro benzene ring substituents is 1. The maximum atomic E-state index is 10.9. The normalized spacial score (nSPS) is 11.0. The predicted octanol–water partition coefficient (Wildman–Crippen LogP) is 2.02. The lowest BCUT2D eigenvalue weighted by molar-refractivity contribution is -0.383. The summed E-state index contributed by atoms with van der Waals surface area (Å²) in [7, 11) is 0. The van der Waals surface area contributed by atoms with E-state index in [1.54, 1.807) is 18.3 Å². The molecule has 0 aliphatic rings. The van der Waals surface area contributed by atoms with Crippen LogP contribution < -0.4 is 0 Å². The van der Waals surface area contributed by atoms with Crippen LogP contribution in [0.25, 0.3) is 21.9 Å². The van der Waals surface area contributed by atoms with E-state index in [4.69, 9.17) is 0 Å². The summed E-state index contributed by atoms with van der Waals surface area (Å²) in [6.45, 7) is 0. The monoisotopic (exact) mass is 214 g/mol. The van der Waals surface area contributed by atoms with E-state index in [0.717, 1.165) is 0 Å². The largest absolute Gasteiger partial charge is 0.352 e. The Morgan fingerprint density at radius 1 is 1.31 bits per heavy atom. The number of fused-ring (bicyclic) bond motifs is 3. The molecule has 0 bridgehead atoms. The van der Waals surface area contributed by atoms with Crippen LogP contribution in [0.4, 0.5) is 5.69 Å². The Bertz CT molecular complexity index is 704. The topological polar surface area (TPSA) is 84.7 Å². The predicted molar refractivity (Wildman–Crippen MR) is 58.0 cm³/mol. The van der Waals surface area contributed by atoms with E-state index >= 15 is 0 Å². The lowest BCUT2D eigenvalue weighted by atomic mass is 10.2. The van der Waals surface area contributed by atoms with Crippen LogP contribution in [0.3, 0.4) is 0 Å². The number of nitrogens with zero attached hydrogens (tertiary/aromatic N) is 3. The van der Waals surface area contributed by atoms with Crippen molar-refractivity contribution in [1.29, 1.82) is 0 Å². The fraction of sp³-hybridized carbons (Fsp3) is 0. The van der Waals surface area contributed by atoms with Gasteiger partial charge in [0, 0.05) is 6.07 Å². The molecule has 6 heteroatoms. The Hall–Kier alpha value is -2.50. The van der Waals surface area contributed by atoms with Gasteiger partial charge in [0.05, 0.1) is 22.2 Å². The number of aromatic amines is 1. The molecule has 6 nitrogen and oxygen atoms in total. The van der Waals surface area contributed by atoms with Gasteiger partial charge in [0.2, 0.25) is 0 Å². The number of nitrogens with one attached hydrogen (secondary N) is 1. The van der Waals surface area contributed by atoms with Crippen LogP contribution in [0.1, 0.15) is 0 Å². The summed E-state index contributed by atoms with van der Waals surface area (Å²) >= 11 is 0. The molecular formula is C10H6N4O2. The highest BCUT2D eigenvalue weighted by Gasteiger charge is 2.16. The standard InChI is InChI=1S/C10H6N4O2/c15-14(16)8-3-1-2-6-9(8)10-7(13-6)4-11-5-12-10/h1-5,13H. The van der Waals surface area contributed by atoms with Gasteiger partial charge >= 0.3 is 0 Å². The number of benzene rings is 1.